The minimum absolute atomic E-state index is 0.207. The van der Waals surface area contributed by atoms with Gasteiger partial charge in [0.05, 0.1) is 23.2 Å². The number of carbonyl (C=O) groups is 2. The molecule has 0 bridgehead atoms. The predicted octanol–water partition coefficient (Wildman–Crippen LogP) is 4.69. The minimum Gasteiger partial charge on any atom is -0.327 e. The smallest absolute Gasteiger partial charge is 0.254 e. The van der Waals surface area contributed by atoms with Crippen LogP contribution in [0.5, 0.6) is 0 Å². The van der Waals surface area contributed by atoms with Crippen LogP contribution >= 0.6 is 23.2 Å². The van der Waals surface area contributed by atoms with E-state index in [1.54, 1.807) is 41.3 Å². The molecule has 1 N–H and O–H groups in total. The van der Waals surface area contributed by atoms with Crippen molar-refractivity contribution >= 4 is 40.7 Å². The summed E-state index contributed by atoms with van der Waals surface area (Å²) in [5.74, 6) is -0.479. The maximum Gasteiger partial charge on any atom is 0.254 e. The first-order valence-corrected chi connectivity index (χ1v) is 9.78. The topological polar surface area (TPSA) is 73.2 Å². The molecule has 1 aliphatic heterocycles. The van der Waals surface area contributed by atoms with E-state index < -0.39 is 6.04 Å². The Bertz CT molecular complexity index is 939. The number of nitrogens with one attached hydrogen (secondary N) is 1. The maximum absolute atomic E-state index is 13.1. The van der Waals surface area contributed by atoms with Crippen molar-refractivity contribution in [3.8, 4) is 6.07 Å². The summed E-state index contributed by atoms with van der Waals surface area (Å²) >= 11 is 12.0. The highest BCUT2D eigenvalue weighted by atomic mass is 35.5. The van der Waals surface area contributed by atoms with Crippen molar-refractivity contribution in [2.24, 2.45) is 0 Å². The molecule has 5 nitrogen and oxygen atoms in total. The molecule has 1 unspecified atom stereocenters. The van der Waals surface area contributed by atoms with E-state index in [0.29, 0.717) is 34.3 Å². The van der Waals surface area contributed by atoms with Crippen molar-refractivity contribution in [1.82, 2.24) is 4.90 Å². The van der Waals surface area contributed by atoms with Crippen LogP contribution in [0.3, 0.4) is 0 Å². The first kappa shape index (κ1) is 20.2. The SMILES string of the molecule is N#CCc1cccc(C(=O)N2CCCCC2C(=O)Nc2ccc(Cl)cc2Cl)c1. The zero-order chi connectivity index (χ0) is 20.1. The molecule has 0 radical (unpaired) electrons. The molecule has 2 aromatic carbocycles. The highest BCUT2D eigenvalue weighted by Crippen LogP contribution is 2.27. The quantitative estimate of drug-likeness (QED) is 0.786. The molecule has 1 saturated heterocycles. The van der Waals surface area contributed by atoms with Crippen LogP contribution in [0.4, 0.5) is 5.69 Å². The van der Waals surface area contributed by atoms with Gasteiger partial charge >= 0.3 is 0 Å². The first-order valence-electron chi connectivity index (χ1n) is 9.02. The van der Waals surface area contributed by atoms with Crippen molar-refractivity contribution in [2.45, 2.75) is 31.7 Å². The van der Waals surface area contributed by atoms with E-state index in [1.807, 2.05) is 6.07 Å². The van der Waals surface area contributed by atoms with E-state index in [4.69, 9.17) is 28.5 Å². The minimum atomic E-state index is -0.576. The average molecular weight is 416 g/mol. The monoisotopic (exact) mass is 415 g/mol. The number of anilines is 1. The Hall–Kier alpha value is -2.55. The van der Waals surface area contributed by atoms with Gasteiger partial charge in [0.1, 0.15) is 6.04 Å². The molecule has 28 heavy (non-hydrogen) atoms. The van der Waals surface area contributed by atoms with Crippen molar-refractivity contribution < 1.29 is 9.59 Å². The molecule has 3 rings (SSSR count). The molecule has 1 fully saturated rings. The van der Waals surface area contributed by atoms with Gasteiger partial charge in [0.2, 0.25) is 5.91 Å². The number of piperidine rings is 1. The summed E-state index contributed by atoms with van der Waals surface area (Å²) in [4.78, 5) is 27.5. The Labute approximate surface area is 173 Å². The number of amides is 2. The molecule has 1 atom stereocenters. The number of hydrogen-bond acceptors (Lipinski definition) is 3. The third kappa shape index (κ3) is 4.64. The van der Waals surface area contributed by atoms with Crippen LogP contribution in [0.25, 0.3) is 0 Å². The zero-order valence-electron chi connectivity index (χ0n) is 15.1. The standard InChI is InChI=1S/C21H19Cl2N3O2/c22-16-7-8-18(17(23)13-16)25-20(27)19-6-1-2-11-26(19)21(28)15-5-3-4-14(12-15)9-10-24/h3-5,7-8,12-13,19H,1-2,6,9,11H2,(H,25,27). The Balaban J connectivity index is 1.79. The summed E-state index contributed by atoms with van der Waals surface area (Å²) in [5, 5.41) is 12.5. The van der Waals surface area contributed by atoms with Crippen LogP contribution < -0.4 is 5.32 Å². The lowest BCUT2D eigenvalue weighted by Gasteiger charge is -2.35. The molecule has 1 aliphatic rings. The Morgan fingerprint density at radius 2 is 2.00 bits per heavy atom. The fourth-order valence-corrected chi connectivity index (χ4v) is 3.78. The Kier molecular flexibility index (Phi) is 6.56. The number of nitrogens with zero attached hydrogens (tertiary/aromatic N) is 2. The van der Waals surface area contributed by atoms with Crippen LogP contribution in [-0.2, 0) is 11.2 Å². The van der Waals surface area contributed by atoms with Crippen LogP contribution in [0.1, 0.15) is 35.2 Å². The van der Waals surface area contributed by atoms with Crippen molar-refractivity contribution in [3.05, 3.63) is 63.6 Å². The number of likely N-dealkylation sites (tertiary alicyclic amines) is 1. The van der Waals surface area contributed by atoms with Gasteiger partial charge in [-0.3, -0.25) is 9.59 Å². The van der Waals surface area contributed by atoms with Gasteiger partial charge < -0.3 is 10.2 Å². The van der Waals surface area contributed by atoms with E-state index in [-0.39, 0.29) is 18.2 Å². The number of rotatable bonds is 4. The molecule has 0 spiro atoms. The molecule has 2 amide bonds. The summed E-state index contributed by atoms with van der Waals surface area (Å²) in [7, 11) is 0. The third-order valence-corrected chi connectivity index (χ3v) is 5.26. The van der Waals surface area contributed by atoms with Crippen LogP contribution in [0, 0.1) is 11.3 Å². The number of hydrogen-bond donors (Lipinski definition) is 1. The van der Waals surface area contributed by atoms with Crippen molar-refractivity contribution in [1.29, 1.82) is 5.26 Å². The second-order valence-electron chi connectivity index (χ2n) is 6.66. The number of carbonyl (C=O) groups excluding carboxylic acids is 2. The van der Waals surface area contributed by atoms with E-state index in [9.17, 15) is 9.59 Å². The number of benzene rings is 2. The van der Waals surface area contributed by atoms with E-state index in [2.05, 4.69) is 11.4 Å². The van der Waals surface area contributed by atoms with E-state index >= 15 is 0 Å². The molecule has 0 aromatic heterocycles. The van der Waals surface area contributed by atoms with Crippen molar-refractivity contribution in [3.63, 3.8) is 0 Å². The molecule has 144 valence electrons. The normalized spacial score (nSPS) is 16.3. The molecule has 1 heterocycles. The number of halogens is 2. The highest BCUT2D eigenvalue weighted by Gasteiger charge is 2.33. The lowest BCUT2D eigenvalue weighted by Crippen LogP contribution is -2.50. The summed E-state index contributed by atoms with van der Waals surface area (Å²) in [6.45, 7) is 0.508. The van der Waals surface area contributed by atoms with Gasteiger partial charge in [-0.25, -0.2) is 0 Å². The number of nitriles is 1. The van der Waals surface area contributed by atoms with E-state index in [1.165, 1.54) is 0 Å². The molecule has 7 heteroatoms. The second-order valence-corrected chi connectivity index (χ2v) is 7.50. The maximum atomic E-state index is 13.1. The van der Waals surface area contributed by atoms with Gasteiger partial charge in [-0.15, -0.1) is 0 Å². The molecule has 2 aromatic rings. The summed E-state index contributed by atoms with van der Waals surface area (Å²) in [6, 6.07) is 13.3. The van der Waals surface area contributed by atoms with Crippen LogP contribution in [0.2, 0.25) is 10.0 Å². The molecule has 0 saturated carbocycles. The van der Waals surface area contributed by atoms with Gasteiger partial charge in [-0.05, 0) is 55.2 Å². The lowest BCUT2D eigenvalue weighted by molar-refractivity contribution is -0.121. The largest absolute Gasteiger partial charge is 0.327 e. The third-order valence-electron chi connectivity index (χ3n) is 4.71. The van der Waals surface area contributed by atoms with Crippen LogP contribution in [0.15, 0.2) is 42.5 Å². The Morgan fingerprint density at radius 3 is 2.75 bits per heavy atom. The molecular weight excluding hydrogens is 397 g/mol. The first-order chi connectivity index (χ1) is 13.5. The van der Waals surface area contributed by atoms with Crippen LogP contribution in [-0.4, -0.2) is 29.3 Å². The second kappa shape index (κ2) is 9.09. The Morgan fingerprint density at radius 1 is 1.18 bits per heavy atom. The summed E-state index contributed by atoms with van der Waals surface area (Å²) in [5.41, 5.74) is 1.72. The van der Waals surface area contributed by atoms with Gasteiger partial charge in [-0.1, -0.05) is 35.3 Å². The molecule has 0 aliphatic carbocycles. The summed E-state index contributed by atoms with van der Waals surface area (Å²) in [6.07, 6.45) is 2.53. The highest BCUT2D eigenvalue weighted by molar-refractivity contribution is 6.36. The lowest BCUT2D eigenvalue weighted by atomic mass is 9.99. The van der Waals surface area contributed by atoms with Gasteiger partial charge in [0, 0.05) is 17.1 Å². The fraction of sp³-hybridized carbons (Fsp3) is 0.286. The predicted molar refractivity (Wildman–Crippen MR) is 110 cm³/mol. The van der Waals surface area contributed by atoms with Gasteiger partial charge in [0.15, 0.2) is 0 Å². The average Bonchev–Trinajstić information content (AvgIpc) is 2.70. The van der Waals surface area contributed by atoms with Gasteiger partial charge in [-0.2, -0.15) is 5.26 Å². The van der Waals surface area contributed by atoms with E-state index in [0.717, 1.165) is 18.4 Å². The van der Waals surface area contributed by atoms with Gasteiger partial charge in [0.25, 0.3) is 5.91 Å². The fourth-order valence-electron chi connectivity index (χ4n) is 3.33. The van der Waals surface area contributed by atoms with Crippen molar-refractivity contribution in [2.75, 3.05) is 11.9 Å². The summed E-state index contributed by atoms with van der Waals surface area (Å²) < 4.78 is 0. The molecular formula is C21H19Cl2N3O2. The zero-order valence-corrected chi connectivity index (χ0v) is 16.6.